The Labute approximate surface area is 129 Å². The topological polar surface area (TPSA) is 64.0 Å². The molecule has 1 N–H and O–H groups in total. The predicted octanol–water partition coefficient (Wildman–Crippen LogP) is 2.39. The predicted molar refractivity (Wildman–Crippen MR) is 87.4 cm³/mol. The summed E-state index contributed by atoms with van der Waals surface area (Å²) in [6, 6.07) is 0.293. The van der Waals surface area contributed by atoms with Crippen LogP contribution < -0.4 is 5.32 Å². The van der Waals surface area contributed by atoms with E-state index in [2.05, 4.69) is 24.3 Å². The number of nitrogens with zero attached hydrogens (tertiary/aromatic N) is 2. The molecular formula is C15H29N3O2S. The molecule has 0 radical (unpaired) electrons. The summed E-state index contributed by atoms with van der Waals surface area (Å²) in [4.78, 5) is 0. The van der Waals surface area contributed by atoms with Crippen molar-refractivity contribution < 1.29 is 8.42 Å². The molecule has 21 heavy (non-hydrogen) atoms. The van der Waals surface area contributed by atoms with Crippen molar-refractivity contribution in [2.45, 2.75) is 60.0 Å². The standard InChI is InChI=1S/C15H29N3O2S/c1-6-9-16-14(7-2)15-12(4)17-18(13(15)5)10-11-21(19,20)8-3/h14,16H,6-11H2,1-5H3. The molecule has 1 aromatic rings. The molecule has 0 aromatic carbocycles. The number of aromatic nitrogens is 2. The van der Waals surface area contributed by atoms with Gasteiger partial charge >= 0.3 is 0 Å². The van der Waals surface area contributed by atoms with E-state index in [1.807, 2.05) is 18.5 Å². The van der Waals surface area contributed by atoms with Crippen LogP contribution in [0, 0.1) is 13.8 Å². The van der Waals surface area contributed by atoms with Crippen molar-refractivity contribution in [3.63, 3.8) is 0 Å². The Bertz CT molecular complexity index is 550. The molecule has 122 valence electrons. The molecule has 0 amide bonds. The second-order valence-corrected chi connectivity index (χ2v) is 7.93. The van der Waals surface area contributed by atoms with Crippen molar-refractivity contribution >= 4 is 9.84 Å². The lowest BCUT2D eigenvalue weighted by molar-refractivity contribution is 0.512. The zero-order valence-corrected chi connectivity index (χ0v) is 14.8. The van der Waals surface area contributed by atoms with Gasteiger partial charge in [-0.25, -0.2) is 8.42 Å². The number of hydrogen-bond acceptors (Lipinski definition) is 4. The van der Waals surface area contributed by atoms with E-state index in [9.17, 15) is 8.42 Å². The first-order valence-electron chi connectivity index (χ1n) is 7.83. The van der Waals surface area contributed by atoms with E-state index in [-0.39, 0.29) is 11.5 Å². The average Bonchev–Trinajstić information content (AvgIpc) is 2.73. The van der Waals surface area contributed by atoms with Crippen molar-refractivity contribution in [3.05, 3.63) is 17.0 Å². The minimum absolute atomic E-state index is 0.157. The quantitative estimate of drug-likeness (QED) is 0.760. The van der Waals surface area contributed by atoms with Crippen LogP contribution in [0.4, 0.5) is 0 Å². The lowest BCUT2D eigenvalue weighted by atomic mass is 10.0. The Balaban J connectivity index is 2.93. The summed E-state index contributed by atoms with van der Waals surface area (Å²) in [5.74, 6) is 0.346. The molecule has 1 heterocycles. The fraction of sp³-hybridized carbons (Fsp3) is 0.800. The monoisotopic (exact) mass is 315 g/mol. The molecule has 5 nitrogen and oxygen atoms in total. The molecule has 0 saturated heterocycles. The van der Waals surface area contributed by atoms with E-state index in [4.69, 9.17) is 0 Å². The van der Waals surface area contributed by atoms with Gasteiger partial charge in [0.15, 0.2) is 9.84 Å². The summed E-state index contributed by atoms with van der Waals surface area (Å²) < 4.78 is 25.1. The molecule has 0 aliphatic rings. The summed E-state index contributed by atoms with van der Waals surface area (Å²) in [7, 11) is -2.95. The molecule has 0 fully saturated rings. The smallest absolute Gasteiger partial charge is 0.151 e. The van der Waals surface area contributed by atoms with Gasteiger partial charge in [0, 0.05) is 23.1 Å². The van der Waals surface area contributed by atoms with Crippen LogP contribution in [0.3, 0.4) is 0 Å². The van der Waals surface area contributed by atoms with Gasteiger partial charge in [-0.15, -0.1) is 0 Å². The van der Waals surface area contributed by atoms with Gasteiger partial charge in [0.2, 0.25) is 0 Å². The van der Waals surface area contributed by atoms with Gasteiger partial charge in [-0.2, -0.15) is 5.10 Å². The first kappa shape index (κ1) is 18.2. The summed E-state index contributed by atoms with van der Waals surface area (Å²) in [6.07, 6.45) is 2.10. The van der Waals surface area contributed by atoms with Crippen LogP contribution in [0.2, 0.25) is 0 Å². The van der Waals surface area contributed by atoms with Crippen molar-refractivity contribution in [2.24, 2.45) is 0 Å². The maximum Gasteiger partial charge on any atom is 0.151 e. The number of aryl methyl sites for hydroxylation is 2. The van der Waals surface area contributed by atoms with Gasteiger partial charge < -0.3 is 5.32 Å². The highest BCUT2D eigenvalue weighted by molar-refractivity contribution is 7.91. The second kappa shape index (κ2) is 7.94. The van der Waals surface area contributed by atoms with Crippen LogP contribution in [-0.2, 0) is 16.4 Å². The molecule has 0 aliphatic heterocycles. The van der Waals surface area contributed by atoms with E-state index in [1.165, 1.54) is 5.56 Å². The SMILES string of the molecule is CCCNC(CC)c1c(C)nn(CCS(=O)(=O)CC)c1C. The van der Waals surface area contributed by atoms with Gasteiger partial charge in [-0.3, -0.25) is 4.68 Å². The highest BCUT2D eigenvalue weighted by Crippen LogP contribution is 2.24. The molecule has 1 aromatic heterocycles. The van der Waals surface area contributed by atoms with E-state index < -0.39 is 9.84 Å². The van der Waals surface area contributed by atoms with Crippen molar-refractivity contribution in [2.75, 3.05) is 18.1 Å². The summed E-state index contributed by atoms with van der Waals surface area (Å²) >= 11 is 0. The zero-order chi connectivity index (χ0) is 16.0. The number of sulfone groups is 1. The zero-order valence-electron chi connectivity index (χ0n) is 13.9. The molecule has 1 unspecified atom stereocenters. The van der Waals surface area contributed by atoms with Gasteiger partial charge in [0.25, 0.3) is 0 Å². The molecule has 0 spiro atoms. The lowest BCUT2D eigenvalue weighted by Gasteiger charge is -2.17. The summed E-state index contributed by atoms with van der Waals surface area (Å²) in [5.41, 5.74) is 3.30. The first-order valence-corrected chi connectivity index (χ1v) is 9.66. The molecular weight excluding hydrogens is 286 g/mol. The maximum absolute atomic E-state index is 11.7. The Hall–Kier alpha value is -0.880. The highest BCUT2D eigenvalue weighted by Gasteiger charge is 2.20. The van der Waals surface area contributed by atoms with Crippen LogP contribution in [0.25, 0.3) is 0 Å². The minimum atomic E-state index is -2.95. The second-order valence-electron chi connectivity index (χ2n) is 5.46. The first-order chi connectivity index (χ1) is 9.86. The van der Waals surface area contributed by atoms with Crippen LogP contribution in [0.1, 0.15) is 56.6 Å². The van der Waals surface area contributed by atoms with Crippen molar-refractivity contribution in [1.82, 2.24) is 15.1 Å². The maximum atomic E-state index is 11.7. The van der Waals surface area contributed by atoms with Gasteiger partial charge in [0.05, 0.1) is 18.0 Å². The van der Waals surface area contributed by atoms with E-state index in [0.717, 1.165) is 30.8 Å². The summed E-state index contributed by atoms with van der Waals surface area (Å²) in [5, 5.41) is 8.08. The van der Waals surface area contributed by atoms with Crippen LogP contribution >= 0.6 is 0 Å². The number of rotatable bonds is 9. The molecule has 0 bridgehead atoms. The van der Waals surface area contributed by atoms with Crippen molar-refractivity contribution in [3.8, 4) is 0 Å². The fourth-order valence-corrected chi connectivity index (χ4v) is 3.31. The Morgan fingerprint density at radius 3 is 2.43 bits per heavy atom. The third kappa shape index (κ3) is 4.81. The Morgan fingerprint density at radius 1 is 1.24 bits per heavy atom. The third-order valence-corrected chi connectivity index (χ3v) is 5.57. The number of hydrogen-bond donors (Lipinski definition) is 1. The van der Waals surface area contributed by atoms with Gasteiger partial charge in [-0.1, -0.05) is 20.8 Å². The highest BCUT2D eigenvalue weighted by atomic mass is 32.2. The molecule has 0 saturated carbocycles. The normalized spacial score (nSPS) is 13.6. The molecule has 1 rings (SSSR count). The third-order valence-electron chi connectivity index (χ3n) is 3.89. The van der Waals surface area contributed by atoms with Crippen LogP contribution in [0.15, 0.2) is 0 Å². The van der Waals surface area contributed by atoms with E-state index in [1.54, 1.807) is 6.92 Å². The van der Waals surface area contributed by atoms with Gasteiger partial charge in [-0.05, 0) is 33.2 Å². The van der Waals surface area contributed by atoms with Crippen LogP contribution in [0.5, 0.6) is 0 Å². The largest absolute Gasteiger partial charge is 0.310 e. The Morgan fingerprint density at radius 2 is 1.90 bits per heavy atom. The Kier molecular flexibility index (Phi) is 6.87. The fourth-order valence-electron chi connectivity index (χ4n) is 2.57. The van der Waals surface area contributed by atoms with Gasteiger partial charge in [0.1, 0.15) is 0 Å². The lowest BCUT2D eigenvalue weighted by Crippen LogP contribution is -2.22. The molecule has 6 heteroatoms. The minimum Gasteiger partial charge on any atom is -0.310 e. The summed E-state index contributed by atoms with van der Waals surface area (Å²) in [6.45, 7) is 11.4. The number of nitrogens with one attached hydrogen (secondary N) is 1. The average molecular weight is 315 g/mol. The van der Waals surface area contributed by atoms with E-state index >= 15 is 0 Å². The molecule has 0 aliphatic carbocycles. The van der Waals surface area contributed by atoms with E-state index in [0.29, 0.717) is 12.6 Å². The van der Waals surface area contributed by atoms with Crippen LogP contribution in [-0.4, -0.2) is 36.2 Å². The molecule has 1 atom stereocenters. The van der Waals surface area contributed by atoms with Crippen molar-refractivity contribution in [1.29, 1.82) is 0 Å².